The zero-order valence-corrected chi connectivity index (χ0v) is 11.3. The molecule has 0 bridgehead atoms. The van der Waals surface area contributed by atoms with Crippen LogP contribution in [0.2, 0.25) is 0 Å². The first-order valence-corrected chi connectivity index (χ1v) is 6.53. The number of carbonyl (C=O) groups is 1. The summed E-state index contributed by atoms with van der Waals surface area (Å²) in [6.07, 6.45) is 1.75. The summed E-state index contributed by atoms with van der Waals surface area (Å²) in [4.78, 5) is 24.0. The van der Waals surface area contributed by atoms with Crippen LogP contribution in [0.5, 0.6) is 0 Å². The molecule has 0 aliphatic carbocycles. The lowest BCUT2D eigenvalue weighted by molar-refractivity contribution is -0.384. The van der Waals surface area contributed by atoms with Crippen LogP contribution in [-0.2, 0) is 4.79 Å². The molecular formula is C13H18N4O3. The Morgan fingerprint density at radius 1 is 1.55 bits per heavy atom. The van der Waals surface area contributed by atoms with Gasteiger partial charge in [-0.2, -0.15) is 0 Å². The molecule has 1 atom stereocenters. The molecule has 7 nitrogen and oxygen atoms in total. The molecule has 0 saturated carbocycles. The molecule has 7 heteroatoms. The first-order valence-electron chi connectivity index (χ1n) is 6.53. The number of carbonyl (C=O) groups excluding carboxylic acids is 1. The highest BCUT2D eigenvalue weighted by Gasteiger charge is 2.26. The zero-order valence-electron chi connectivity index (χ0n) is 11.3. The van der Waals surface area contributed by atoms with E-state index in [0.29, 0.717) is 12.2 Å². The summed E-state index contributed by atoms with van der Waals surface area (Å²) < 4.78 is 0. The highest BCUT2D eigenvalue weighted by molar-refractivity contribution is 5.80. The van der Waals surface area contributed by atoms with Crippen LogP contribution in [0.1, 0.15) is 12.8 Å². The molecule has 1 aromatic rings. The van der Waals surface area contributed by atoms with E-state index in [1.807, 2.05) is 4.90 Å². The number of nitro groups is 1. The molecule has 1 unspecified atom stereocenters. The Hall–Kier alpha value is -2.31. The largest absolute Gasteiger partial charge is 0.397 e. The van der Waals surface area contributed by atoms with Crippen molar-refractivity contribution in [2.75, 3.05) is 30.8 Å². The minimum atomic E-state index is -0.469. The zero-order chi connectivity index (χ0) is 14.7. The Kier molecular flexibility index (Phi) is 4.07. The van der Waals surface area contributed by atoms with Gasteiger partial charge in [0.1, 0.15) is 0 Å². The number of piperidine rings is 1. The van der Waals surface area contributed by atoms with Crippen LogP contribution >= 0.6 is 0 Å². The van der Waals surface area contributed by atoms with Gasteiger partial charge in [0.2, 0.25) is 5.91 Å². The second kappa shape index (κ2) is 5.77. The number of nitrogen functional groups attached to an aromatic ring is 1. The van der Waals surface area contributed by atoms with E-state index in [2.05, 4.69) is 5.32 Å². The van der Waals surface area contributed by atoms with E-state index in [1.54, 1.807) is 13.1 Å². The van der Waals surface area contributed by atoms with Gasteiger partial charge in [0, 0.05) is 32.3 Å². The van der Waals surface area contributed by atoms with Crippen LogP contribution < -0.4 is 16.0 Å². The van der Waals surface area contributed by atoms with Crippen molar-refractivity contribution in [3.63, 3.8) is 0 Å². The molecule has 1 fully saturated rings. The van der Waals surface area contributed by atoms with Crippen LogP contribution in [0.4, 0.5) is 17.1 Å². The average molecular weight is 278 g/mol. The number of amides is 1. The van der Waals surface area contributed by atoms with Gasteiger partial charge in [0.15, 0.2) is 0 Å². The highest BCUT2D eigenvalue weighted by Crippen LogP contribution is 2.30. The second-order valence-electron chi connectivity index (χ2n) is 4.90. The number of non-ortho nitro benzene ring substituents is 1. The Balaban J connectivity index is 2.19. The summed E-state index contributed by atoms with van der Waals surface area (Å²) in [7, 11) is 1.63. The van der Waals surface area contributed by atoms with Gasteiger partial charge >= 0.3 is 0 Å². The third-order valence-electron chi connectivity index (χ3n) is 3.60. The van der Waals surface area contributed by atoms with Crippen LogP contribution in [-0.4, -0.2) is 31.0 Å². The minimum absolute atomic E-state index is 0.0221. The number of nitrogens with one attached hydrogen (secondary N) is 1. The first-order chi connectivity index (χ1) is 9.52. The van der Waals surface area contributed by atoms with Gasteiger partial charge in [0.05, 0.1) is 22.2 Å². The maximum atomic E-state index is 11.7. The Bertz CT molecular complexity index is 532. The second-order valence-corrected chi connectivity index (χ2v) is 4.90. The number of nitrogens with zero attached hydrogens (tertiary/aromatic N) is 2. The standard InChI is InChI=1S/C13H18N4O3/c1-15-13(18)9-3-2-6-16(8-9)12-5-4-10(17(19)20)7-11(12)14/h4-5,7,9H,2-3,6,8,14H2,1H3,(H,15,18). The van der Waals surface area contributed by atoms with Crippen LogP contribution in [0.3, 0.4) is 0 Å². The molecule has 2 rings (SSSR count). The van der Waals surface area contributed by atoms with Gasteiger partial charge in [-0.05, 0) is 18.9 Å². The number of hydrogen-bond acceptors (Lipinski definition) is 5. The third-order valence-corrected chi connectivity index (χ3v) is 3.60. The molecule has 1 aromatic carbocycles. The van der Waals surface area contributed by atoms with Crippen molar-refractivity contribution in [2.45, 2.75) is 12.8 Å². The molecule has 1 amide bonds. The van der Waals surface area contributed by atoms with E-state index in [-0.39, 0.29) is 17.5 Å². The van der Waals surface area contributed by atoms with E-state index in [1.165, 1.54) is 12.1 Å². The van der Waals surface area contributed by atoms with Crippen molar-refractivity contribution in [1.29, 1.82) is 0 Å². The molecule has 1 aliphatic heterocycles. The summed E-state index contributed by atoms with van der Waals surface area (Å²) in [5.41, 5.74) is 7.00. The minimum Gasteiger partial charge on any atom is -0.397 e. The fourth-order valence-corrected chi connectivity index (χ4v) is 2.56. The smallest absolute Gasteiger partial charge is 0.271 e. The average Bonchev–Trinajstić information content (AvgIpc) is 2.46. The third kappa shape index (κ3) is 2.81. The molecule has 0 radical (unpaired) electrons. The number of hydrogen-bond donors (Lipinski definition) is 2. The fraction of sp³-hybridized carbons (Fsp3) is 0.462. The Morgan fingerprint density at radius 2 is 2.30 bits per heavy atom. The molecule has 108 valence electrons. The maximum absolute atomic E-state index is 11.7. The van der Waals surface area contributed by atoms with E-state index >= 15 is 0 Å². The van der Waals surface area contributed by atoms with Gasteiger partial charge in [-0.3, -0.25) is 14.9 Å². The molecule has 1 heterocycles. The molecule has 3 N–H and O–H groups in total. The Labute approximate surface area is 116 Å². The quantitative estimate of drug-likeness (QED) is 0.490. The summed E-state index contributed by atoms with van der Waals surface area (Å²) in [6, 6.07) is 4.45. The highest BCUT2D eigenvalue weighted by atomic mass is 16.6. The lowest BCUT2D eigenvalue weighted by Crippen LogP contribution is -2.42. The number of anilines is 2. The Morgan fingerprint density at radius 3 is 2.90 bits per heavy atom. The molecule has 1 aliphatic rings. The predicted octanol–water partition coefficient (Wildman–Crippen LogP) is 1.14. The van der Waals surface area contributed by atoms with Crippen molar-refractivity contribution < 1.29 is 9.72 Å². The van der Waals surface area contributed by atoms with E-state index in [4.69, 9.17) is 5.73 Å². The van der Waals surface area contributed by atoms with Crippen LogP contribution in [0, 0.1) is 16.0 Å². The summed E-state index contributed by atoms with van der Waals surface area (Å²) in [5, 5.41) is 13.4. The van der Waals surface area contributed by atoms with Crippen molar-refractivity contribution in [2.24, 2.45) is 5.92 Å². The fourth-order valence-electron chi connectivity index (χ4n) is 2.56. The number of nitro benzene ring substituents is 1. The number of benzene rings is 1. The SMILES string of the molecule is CNC(=O)C1CCCN(c2ccc([N+](=O)[O-])cc2N)C1. The summed E-state index contributed by atoms with van der Waals surface area (Å²) in [6.45, 7) is 1.39. The van der Waals surface area contributed by atoms with Crippen molar-refractivity contribution >= 4 is 23.0 Å². The normalized spacial score (nSPS) is 18.6. The van der Waals surface area contributed by atoms with Gasteiger partial charge < -0.3 is 16.0 Å². The van der Waals surface area contributed by atoms with E-state index in [9.17, 15) is 14.9 Å². The molecule has 0 aromatic heterocycles. The van der Waals surface area contributed by atoms with Crippen molar-refractivity contribution in [3.05, 3.63) is 28.3 Å². The van der Waals surface area contributed by atoms with Crippen LogP contribution in [0.25, 0.3) is 0 Å². The summed E-state index contributed by atoms with van der Waals surface area (Å²) >= 11 is 0. The molecule has 20 heavy (non-hydrogen) atoms. The lowest BCUT2D eigenvalue weighted by atomic mass is 9.96. The van der Waals surface area contributed by atoms with Gasteiger partial charge in [-0.15, -0.1) is 0 Å². The van der Waals surface area contributed by atoms with E-state index in [0.717, 1.165) is 25.1 Å². The van der Waals surface area contributed by atoms with E-state index < -0.39 is 4.92 Å². The molecule has 0 spiro atoms. The summed E-state index contributed by atoms with van der Waals surface area (Å²) in [5.74, 6) is -0.0430. The first kappa shape index (κ1) is 14.1. The van der Waals surface area contributed by atoms with Gasteiger partial charge in [-0.25, -0.2) is 0 Å². The number of nitrogens with two attached hydrogens (primary N) is 1. The number of rotatable bonds is 3. The predicted molar refractivity (Wildman–Crippen MR) is 76.5 cm³/mol. The molecular weight excluding hydrogens is 260 g/mol. The lowest BCUT2D eigenvalue weighted by Gasteiger charge is -2.34. The van der Waals surface area contributed by atoms with Crippen LogP contribution in [0.15, 0.2) is 18.2 Å². The monoisotopic (exact) mass is 278 g/mol. The van der Waals surface area contributed by atoms with Crippen molar-refractivity contribution in [3.8, 4) is 0 Å². The van der Waals surface area contributed by atoms with Gasteiger partial charge in [-0.1, -0.05) is 0 Å². The topological polar surface area (TPSA) is 102 Å². The molecule has 1 saturated heterocycles. The van der Waals surface area contributed by atoms with Gasteiger partial charge in [0.25, 0.3) is 5.69 Å². The van der Waals surface area contributed by atoms with Crippen molar-refractivity contribution in [1.82, 2.24) is 5.32 Å². The maximum Gasteiger partial charge on any atom is 0.271 e.